The lowest BCUT2D eigenvalue weighted by Crippen LogP contribution is -2.54. The predicted molar refractivity (Wildman–Crippen MR) is 348 cm³/mol. The number of imide groups is 1. The van der Waals surface area contributed by atoms with Crippen molar-refractivity contribution in [2.24, 2.45) is 16.6 Å². The first kappa shape index (κ1) is 66.5. The molecule has 0 bridgehead atoms. The summed E-state index contributed by atoms with van der Waals surface area (Å²) in [4.78, 5) is 130. The zero-order valence-electron chi connectivity index (χ0n) is 53.1. The van der Waals surface area contributed by atoms with E-state index >= 15 is 0 Å². The molecule has 5 heterocycles. The molecule has 25 heteroatoms. The first-order valence-electron chi connectivity index (χ1n) is 31.7. The molecule has 0 fully saturated rings. The van der Waals surface area contributed by atoms with Crippen LogP contribution >= 0.6 is 0 Å². The molecular weight excluding hydrogens is 1210 g/mol. The molecule has 0 aromatic heterocycles. The number of ether oxygens (including phenoxy) is 5. The molecule has 4 atom stereocenters. The Morgan fingerprint density at radius 3 is 1.99 bits per heavy atom. The van der Waals surface area contributed by atoms with E-state index in [1.165, 1.54) is 36.8 Å². The molecule has 94 heavy (non-hydrogen) atoms. The number of amides is 10. The van der Waals surface area contributed by atoms with E-state index in [9.17, 15) is 43.2 Å². The lowest BCUT2D eigenvalue weighted by Gasteiger charge is -2.35. The quantitative estimate of drug-likeness (QED) is 0.0228. The number of carbonyl (C=O) groups is 9. The number of nitrogens with one attached hydrogen (secondary N) is 5. The highest BCUT2D eigenvalue weighted by Crippen LogP contribution is 2.40. The average molecular weight is 1290 g/mol. The number of hydrogen-bond donors (Lipinski definition) is 6. The standard InChI is InChI=1S/C69H79N11O14/c1-42(2)63(76-60(81)18-6-5-11-26-78-61(82)23-24-62(78)83)65(85)75-53(17-12-25-71-68(70)88)64(84)74-48-21-19-43(20-22-48)41-94-69(89)77(27-29-92-58-35-54-51(33-56(58)90-3)66(86)79-39-46-15-9-7-13-44(46)31-49(79)37-72-54)28-30-93-59-36-55-52(34-57(59)91-4)67(87)80-40-47-16-10-8-14-45(47)32-50(80)38-73-55/h7-10,13-16,19-24,33-37,42,49-50,53,63,73H,5-6,11-12,17-18,25-32,38-41H2,1-4H3,(H,74,84)(H,75,85)(H,76,81)(H3,70,71,88)/t49-,50?,53-,63-/m0/s1. The molecule has 5 aliphatic heterocycles. The van der Waals surface area contributed by atoms with Crippen LogP contribution < -0.4 is 51.3 Å². The van der Waals surface area contributed by atoms with E-state index in [4.69, 9.17) is 34.4 Å². The van der Waals surface area contributed by atoms with Crippen LogP contribution in [0.15, 0.2) is 114 Å². The van der Waals surface area contributed by atoms with Gasteiger partial charge in [-0.3, -0.25) is 43.5 Å². The van der Waals surface area contributed by atoms with Crippen LogP contribution in [-0.2, 0) is 61.2 Å². The molecule has 25 nitrogen and oxygen atoms in total. The van der Waals surface area contributed by atoms with Crippen molar-refractivity contribution in [3.05, 3.63) is 148 Å². The van der Waals surface area contributed by atoms with Gasteiger partial charge in [0.2, 0.25) is 17.7 Å². The molecule has 10 rings (SSSR count). The van der Waals surface area contributed by atoms with Gasteiger partial charge in [-0.1, -0.05) is 80.9 Å². The molecule has 5 aliphatic rings. The number of urea groups is 1. The normalized spacial score (nSPS) is 16.5. The first-order chi connectivity index (χ1) is 45.4. The fourth-order valence-electron chi connectivity index (χ4n) is 12.1. The fraction of sp³-hybridized carbons (Fsp3) is 0.391. The van der Waals surface area contributed by atoms with Crippen molar-refractivity contribution >= 4 is 76.8 Å². The third-order valence-corrected chi connectivity index (χ3v) is 17.3. The van der Waals surface area contributed by atoms with E-state index in [0.717, 1.165) is 21.6 Å². The topological polar surface area (TPSA) is 311 Å². The lowest BCUT2D eigenvalue weighted by atomic mass is 9.94. The van der Waals surface area contributed by atoms with Gasteiger partial charge in [-0.2, -0.15) is 0 Å². The summed E-state index contributed by atoms with van der Waals surface area (Å²) in [7, 11) is 2.97. The summed E-state index contributed by atoms with van der Waals surface area (Å²) >= 11 is 0. The molecule has 1 unspecified atom stereocenters. The van der Waals surface area contributed by atoms with Gasteiger partial charge < -0.3 is 70.7 Å². The maximum absolute atomic E-state index is 14.3. The summed E-state index contributed by atoms with van der Waals surface area (Å²) in [5.41, 5.74) is 12.6. The Hall–Kier alpha value is -10.5. The molecule has 10 amide bonds. The van der Waals surface area contributed by atoms with Crippen LogP contribution in [0.1, 0.15) is 101 Å². The minimum atomic E-state index is -1.11. The summed E-state index contributed by atoms with van der Waals surface area (Å²) in [5.74, 6) is -1.71. The Balaban J connectivity index is 0.786. The number of aliphatic imine (C=N–C) groups is 1. The van der Waals surface area contributed by atoms with Crippen LogP contribution in [0, 0.1) is 5.92 Å². The second kappa shape index (κ2) is 30.8. The molecule has 0 saturated heterocycles. The van der Waals surface area contributed by atoms with Gasteiger partial charge in [0.15, 0.2) is 23.0 Å². The van der Waals surface area contributed by atoms with E-state index in [-0.39, 0.29) is 113 Å². The number of nitrogens with two attached hydrogens (primary N) is 1. The smallest absolute Gasteiger partial charge is 0.410 e. The zero-order chi connectivity index (χ0) is 66.4. The lowest BCUT2D eigenvalue weighted by molar-refractivity contribution is -0.137. The van der Waals surface area contributed by atoms with E-state index in [2.05, 4.69) is 38.7 Å². The largest absolute Gasteiger partial charge is 0.493 e. The molecule has 0 radical (unpaired) electrons. The van der Waals surface area contributed by atoms with Crippen molar-refractivity contribution in [1.29, 1.82) is 0 Å². The van der Waals surface area contributed by atoms with Crippen molar-refractivity contribution in [2.75, 3.05) is 70.8 Å². The number of unbranched alkanes of at least 4 members (excludes halogenated alkanes) is 2. The van der Waals surface area contributed by atoms with Gasteiger partial charge in [-0.15, -0.1) is 0 Å². The number of primary amides is 1. The Kier molecular flexibility index (Phi) is 21.8. The summed E-state index contributed by atoms with van der Waals surface area (Å²) in [6.07, 6.45) is 6.81. The third kappa shape index (κ3) is 16.2. The molecule has 7 N–H and O–H groups in total. The number of methoxy groups -OCH3 is 2. The van der Waals surface area contributed by atoms with Crippen LogP contribution in [0.2, 0.25) is 0 Å². The van der Waals surface area contributed by atoms with E-state index < -0.39 is 36.0 Å². The van der Waals surface area contributed by atoms with Crippen molar-refractivity contribution in [2.45, 2.75) is 109 Å². The predicted octanol–water partition coefficient (Wildman–Crippen LogP) is 6.57. The van der Waals surface area contributed by atoms with Gasteiger partial charge >= 0.3 is 12.1 Å². The van der Waals surface area contributed by atoms with Crippen molar-refractivity contribution in [3.63, 3.8) is 0 Å². The maximum atomic E-state index is 14.3. The second-order valence-corrected chi connectivity index (χ2v) is 23.9. The van der Waals surface area contributed by atoms with Crippen LogP contribution in [-0.4, -0.2) is 164 Å². The molecule has 494 valence electrons. The molecule has 0 aliphatic carbocycles. The summed E-state index contributed by atoms with van der Waals surface area (Å²) < 4.78 is 30.1. The first-order valence-corrected chi connectivity index (χ1v) is 31.7. The Bertz CT molecular complexity index is 3730. The van der Waals surface area contributed by atoms with E-state index in [1.807, 2.05) is 46.2 Å². The maximum Gasteiger partial charge on any atom is 0.410 e. The van der Waals surface area contributed by atoms with Crippen LogP contribution in [0.5, 0.6) is 23.0 Å². The monoisotopic (exact) mass is 1290 g/mol. The highest BCUT2D eigenvalue weighted by molar-refractivity contribution is 6.13. The molecule has 0 saturated carbocycles. The van der Waals surface area contributed by atoms with Crippen molar-refractivity contribution in [3.8, 4) is 23.0 Å². The van der Waals surface area contributed by atoms with Gasteiger partial charge in [0.1, 0.15) is 31.9 Å². The van der Waals surface area contributed by atoms with Crippen LogP contribution in [0.4, 0.5) is 26.7 Å². The molecular formula is C69H79N11O14. The summed E-state index contributed by atoms with van der Waals surface area (Å²) in [6.45, 7) is 5.03. The zero-order valence-corrected chi connectivity index (χ0v) is 53.1. The van der Waals surface area contributed by atoms with Crippen LogP contribution in [0.25, 0.3) is 0 Å². The Labute approximate surface area is 544 Å². The van der Waals surface area contributed by atoms with Crippen LogP contribution in [0.3, 0.4) is 0 Å². The van der Waals surface area contributed by atoms with Gasteiger partial charge in [-0.25, -0.2) is 9.59 Å². The van der Waals surface area contributed by atoms with Crippen molar-refractivity contribution in [1.82, 2.24) is 35.6 Å². The molecule has 5 aromatic rings. The Morgan fingerprint density at radius 1 is 0.702 bits per heavy atom. The van der Waals surface area contributed by atoms with E-state index in [0.29, 0.717) is 108 Å². The Morgan fingerprint density at radius 2 is 1.33 bits per heavy atom. The highest BCUT2D eigenvalue weighted by atomic mass is 16.6. The second-order valence-electron chi connectivity index (χ2n) is 23.9. The number of hydrogen-bond acceptors (Lipinski definition) is 16. The number of benzene rings is 5. The minimum Gasteiger partial charge on any atom is -0.493 e. The van der Waals surface area contributed by atoms with Crippen molar-refractivity contribution < 1.29 is 66.8 Å². The van der Waals surface area contributed by atoms with Gasteiger partial charge in [0, 0.05) is 75.3 Å². The van der Waals surface area contributed by atoms with Gasteiger partial charge in [-0.05, 0) is 96.5 Å². The molecule has 0 spiro atoms. The number of rotatable bonds is 28. The molecule has 5 aromatic carbocycles. The summed E-state index contributed by atoms with van der Waals surface area (Å²) in [6, 6.07) is 26.2. The van der Waals surface area contributed by atoms with E-state index in [1.54, 1.807) is 68.6 Å². The van der Waals surface area contributed by atoms with Gasteiger partial charge in [0.25, 0.3) is 23.6 Å². The highest BCUT2D eigenvalue weighted by Gasteiger charge is 2.37. The van der Waals surface area contributed by atoms with Gasteiger partial charge in [0.05, 0.1) is 61.9 Å². The number of anilines is 2. The number of fused-ring (bicyclic) bond motifs is 6. The summed E-state index contributed by atoms with van der Waals surface area (Å²) in [5, 5.41) is 14.4. The number of carbonyl (C=O) groups excluding carboxylic acids is 9. The SMILES string of the molecule is COc1cc2c(cc1OCCN(CCOc1cc3c(cc1OC)C(=O)N1Cc4ccccc4CC1CN3)C(=O)OCc1ccc(NC(=O)[C@H](CCCNC(N)=O)NC(=O)[C@@H](NC(=O)CCCCCN3C(=O)C=CC3=O)C(C)C)cc1)N=C[C@@H]1Cc3ccccc3CN1C2=O. The average Bonchev–Trinajstić information content (AvgIpc) is 1.54. The minimum absolute atomic E-state index is 0.00128. The third-order valence-electron chi connectivity index (χ3n) is 17.3. The fourth-order valence-corrected chi connectivity index (χ4v) is 12.1. The number of nitrogens with zero attached hydrogens (tertiary/aromatic N) is 5.